The van der Waals surface area contributed by atoms with Gasteiger partial charge in [-0.05, 0) is 24.6 Å². The van der Waals surface area contributed by atoms with Gasteiger partial charge in [0.05, 0.1) is 32.3 Å². The van der Waals surface area contributed by atoms with Crippen molar-refractivity contribution in [1.82, 2.24) is 10.2 Å². The molecule has 1 aromatic carbocycles. The maximum absolute atomic E-state index is 12.3. The highest BCUT2D eigenvalue weighted by molar-refractivity contribution is 5.95. The zero-order valence-electron chi connectivity index (χ0n) is 14.5. The third-order valence-electron chi connectivity index (χ3n) is 4.54. The SMILES string of the molecule is C[C@H]1OCCN[C@@H]1C(=O)Nc1ccc(CC(=O)N2CCOCC2)cc1. The standard InChI is InChI=1S/C18H25N3O4/c1-13-17(19-6-9-25-13)18(23)20-15-4-2-14(3-5-15)12-16(22)21-7-10-24-11-8-21/h2-5,13,17,19H,6-12H2,1H3,(H,20,23)/t13-,17+/m1/s1. The summed E-state index contributed by atoms with van der Waals surface area (Å²) in [4.78, 5) is 26.4. The molecule has 2 aliphatic heterocycles. The first kappa shape index (κ1) is 17.8. The van der Waals surface area contributed by atoms with Crippen LogP contribution in [-0.2, 0) is 25.5 Å². The minimum absolute atomic E-state index is 0.107. The van der Waals surface area contributed by atoms with Crippen LogP contribution in [0.15, 0.2) is 24.3 Å². The predicted molar refractivity (Wildman–Crippen MR) is 93.4 cm³/mol. The number of rotatable bonds is 4. The van der Waals surface area contributed by atoms with E-state index in [0.29, 0.717) is 51.6 Å². The van der Waals surface area contributed by atoms with Crippen molar-refractivity contribution in [2.45, 2.75) is 25.5 Å². The van der Waals surface area contributed by atoms with E-state index in [2.05, 4.69) is 10.6 Å². The van der Waals surface area contributed by atoms with E-state index in [1.165, 1.54) is 0 Å². The molecule has 0 spiro atoms. The number of carbonyl (C=O) groups excluding carboxylic acids is 2. The second-order valence-electron chi connectivity index (χ2n) is 6.36. The molecule has 2 amide bonds. The Balaban J connectivity index is 1.53. The lowest BCUT2D eigenvalue weighted by Crippen LogP contribution is -2.53. The van der Waals surface area contributed by atoms with Gasteiger partial charge in [0.1, 0.15) is 6.04 Å². The van der Waals surface area contributed by atoms with Gasteiger partial charge in [-0.2, -0.15) is 0 Å². The Kier molecular flexibility index (Phi) is 6.01. The fourth-order valence-electron chi connectivity index (χ4n) is 3.05. The molecule has 2 aliphatic rings. The summed E-state index contributed by atoms with van der Waals surface area (Å²) in [6.45, 7) is 5.70. The number of hydrogen-bond acceptors (Lipinski definition) is 5. The highest BCUT2D eigenvalue weighted by Gasteiger charge is 2.28. The zero-order valence-corrected chi connectivity index (χ0v) is 14.5. The van der Waals surface area contributed by atoms with E-state index in [1.807, 2.05) is 36.1 Å². The summed E-state index contributed by atoms with van der Waals surface area (Å²) in [5.41, 5.74) is 1.65. The number of benzene rings is 1. The number of nitrogens with one attached hydrogen (secondary N) is 2. The molecule has 2 N–H and O–H groups in total. The Bertz CT molecular complexity index is 599. The van der Waals surface area contributed by atoms with E-state index >= 15 is 0 Å². The van der Waals surface area contributed by atoms with Gasteiger partial charge in [0.15, 0.2) is 0 Å². The van der Waals surface area contributed by atoms with Crippen molar-refractivity contribution in [3.05, 3.63) is 29.8 Å². The van der Waals surface area contributed by atoms with Gasteiger partial charge in [-0.25, -0.2) is 0 Å². The monoisotopic (exact) mass is 347 g/mol. The first-order valence-electron chi connectivity index (χ1n) is 8.74. The molecule has 0 aromatic heterocycles. The zero-order chi connectivity index (χ0) is 17.6. The van der Waals surface area contributed by atoms with Crippen LogP contribution in [0.3, 0.4) is 0 Å². The van der Waals surface area contributed by atoms with Gasteiger partial charge >= 0.3 is 0 Å². The summed E-state index contributed by atoms with van der Waals surface area (Å²) in [5, 5.41) is 6.06. The fraction of sp³-hybridized carbons (Fsp3) is 0.556. The van der Waals surface area contributed by atoms with Crippen LogP contribution in [0.5, 0.6) is 0 Å². The second-order valence-corrected chi connectivity index (χ2v) is 6.36. The first-order chi connectivity index (χ1) is 12.1. The van der Waals surface area contributed by atoms with E-state index in [9.17, 15) is 9.59 Å². The van der Waals surface area contributed by atoms with Crippen LogP contribution in [0.1, 0.15) is 12.5 Å². The second kappa shape index (κ2) is 8.42. The van der Waals surface area contributed by atoms with Crippen LogP contribution >= 0.6 is 0 Å². The van der Waals surface area contributed by atoms with Gasteiger partial charge in [0.25, 0.3) is 0 Å². The molecule has 0 bridgehead atoms. The normalized spacial score (nSPS) is 24.0. The van der Waals surface area contributed by atoms with Crippen LogP contribution in [0.2, 0.25) is 0 Å². The molecule has 0 aliphatic carbocycles. The molecule has 25 heavy (non-hydrogen) atoms. The van der Waals surface area contributed by atoms with Crippen molar-refractivity contribution in [2.75, 3.05) is 44.8 Å². The number of amides is 2. The van der Waals surface area contributed by atoms with Crippen LogP contribution in [0, 0.1) is 0 Å². The molecule has 2 heterocycles. The van der Waals surface area contributed by atoms with E-state index in [1.54, 1.807) is 0 Å². The van der Waals surface area contributed by atoms with E-state index < -0.39 is 0 Å². The maximum Gasteiger partial charge on any atom is 0.244 e. The number of ether oxygens (including phenoxy) is 2. The summed E-state index contributed by atoms with van der Waals surface area (Å²) in [6.07, 6.45) is 0.211. The molecule has 0 unspecified atom stereocenters. The molecule has 7 nitrogen and oxygen atoms in total. The minimum atomic E-state index is -0.351. The molecule has 136 valence electrons. The summed E-state index contributed by atoms with van der Waals surface area (Å²) in [6, 6.07) is 7.06. The largest absolute Gasteiger partial charge is 0.378 e. The molecule has 2 fully saturated rings. The van der Waals surface area contributed by atoms with Crippen LogP contribution in [0.4, 0.5) is 5.69 Å². The predicted octanol–water partition coefficient (Wildman–Crippen LogP) is 0.403. The Morgan fingerprint density at radius 2 is 1.92 bits per heavy atom. The van der Waals surface area contributed by atoms with Crippen LogP contribution in [0.25, 0.3) is 0 Å². The molecular weight excluding hydrogens is 322 g/mol. The molecule has 2 saturated heterocycles. The lowest BCUT2D eigenvalue weighted by atomic mass is 10.1. The average Bonchev–Trinajstić information content (AvgIpc) is 2.64. The van der Waals surface area contributed by atoms with Gasteiger partial charge in [0, 0.05) is 25.3 Å². The van der Waals surface area contributed by atoms with Crippen LogP contribution in [-0.4, -0.2) is 68.3 Å². The summed E-state index contributed by atoms with van der Waals surface area (Å²) < 4.78 is 10.8. The van der Waals surface area contributed by atoms with Gasteiger partial charge in [-0.3, -0.25) is 9.59 Å². The molecular formula is C18H25N3O4. The van der Waals surface area contributed by atoms with Gasteiger partial charge in [-0.15, -0.1) is 0 Å². The van der Waals surface area contributed by atoms with E-state index in [4.69, 9.17) is 9.47 Å². The number of morpholine rings is 2. The molecule has 0 radical (unpaired) electrons. The van der Waals surface area contributed by atoms with Crippen molar-refractivity contribution in [3.8, 4) is 0 Å². The minimum Gasteiger partial charge on any atom is -0.378 e. The molecule has 3 rings (SSSR count). The molecule has 0 saturated carbocycles. The number of hydrogen-bond donors (Lipinski definition) is 2. The van der Waals surface area contributed by atoms with E-state index in [0.717, 1.165) is 5.56 Å². The Hall–Kier alpha value is -1.96. The van der Waals surface area contributed by atoms with Gasteiger partial charge in [-0.1, -0.05) is 12.1 Å². The number of nitrogens with zero attached hydrogens (tertiary/aromatic N) is 1. The lowest BCUT2D eigenvalue weighted by Gasteiger charge is -2.29. The Morgan fingerprint density at radius 3 is 2.60 bits per heavy atom. The molecule has 2 atom stereocenters. The first-order valence-corrected chi connectivity index (χ1v) is 8.74. The van der Waals surface area contributed by atoms with Crippen molar-refractivity contribution in [1.29, 1.82) is 0 Å². The third kappa shape index (κ3) is 4.78. The fourth-order valence-corrected chi connectivity index (χ4v) is 3.05. The number of anilines is 1. The van der Waals surface area contributed by atoms with E-state index in [-0.39, 0.29) is 24.0 Å². The lowest BCUT2D eigenvalue weighted by molar-refractivity contribution is -0.134. The van der Waals surface area contributed by atoms with Crippen molar-refractivity contribution in [3.63, 3.8) is 0 Å². The van der Waals surface area contributed by atoms with Crippen LogP contribution < -0.4 is 10.6 Å². The molecule has 7 heteroatoms. The summed E-state index contributed by atoms with van der Waals surface area (Å²) >= 11 is 0. The quantitative estimate of drug-likeness (QED) is 0.824. The summed E-state index contributed by atoms with van der Waals surface area (Å²) in [7, 11) is 0. The maximum atomic E-state index is 12.3. The van der Waals surface area contributed by atoms with Crippen molar-refractivity contribution >= 4 is 17.5 Å². The summed E-state index contributed by atoms with van der Waals surface area (Å²) in [5.74, 6) is 0.00167. The Morgan fingerprint density at radius 1 is 1.20 bits per heavy atom. The van der Waals surface area contributed by atoms with Crippen molar-refractivity contribution in [2.24, 2.45) is 0 Å². The topological polar surface area (TPSA) is 79.9 Å². The smallest absolute Gasteiger partial charge is 0.244 e. The molecule has 1 aromatic rings. The Labute approximate surface area is 147 Å². The number of carbonyl (C=O) groups is 2. The highest BCUT2D eigenvalue weighted by Crippen LogP contribution is 2.13. The van der Waals surface area contributed by atoms with Crippen molar-refractivity contribution < 1.29 is 19.1 Å². The third-order valence-corrected chi connectivity index (χ3v) is 4.54. The van der Waals surface area contributed by atoms with Gasteiger partial charge < -0.3 is 25.0 Å². The highest BCUT2D eigenvalue weighted by atomic mass is 16.5. The average molecular weight is 347 g/mol. The van der Waals surface area contributed by atoms with Gasteiger partial charge in [0.2, 0.25) is 11.8 Å².